The Labute approximate surface area is 83.8 Å². The molecular weight excluding hydrogens is 184 g/mol. The second-order valence-corrected chi connectivity index (χ2v) is 3.96. The Hall–Kier alpha value is -0.650. The molecule has 0 amide bonds. The first-order valence-corrected chi connectivity index (χ1v) is 4.77. The number of methoxy groups -OCH3 is 1. The van der Waals surface area contributed by atoms with Crippen molar-refractivity contribution in [1.82, 2.24) is 10.6 Å². The lowest BCUT2D eigenvalue weighted by molar-refractivity contribution is -0.139. The van der Waals surface area contributed by atoms with Crippen LogP contribution in [0.5, 0.6) is 0 Å². The quantitative estimate of drug-likeness (QED) is 0.538. The minimum Gasteiger partial charge on any atom is -0.481 e. The van der Waals surface area contributed by atoms with E-state index in [0.717, 1.165) is 0 Å². The highest BCUT2D eigenvalue weighted by Crippen LogP contribution is 2.16. The molecule has 0 aliphatic carbocycles. The van der Waals surface area contributed by atoms with Gasteiger partial charge in [-0.2, -0.15) is 0 Å². The average molecular weight is 202 g/mol. The number of carboxylic acid groups (broad SMARTS) is 1. The molecule has 0 radical (unpaired) electrons. The number of ether oxygens (including phenoxy) is 1. The predicted octanol–water partition coefficient (Wildman–Crippen LogP) is -0.572. The molecule has 1 saturated heterocycles. The van der Waals surface area contributed by atoms with Crippen molar-refractivity contribution in [3.63, 3.8) is 0 Å². The minimum atomic E-state index is -0.761. The first kappa shape index (κ1) is 11.4. The largest absolute Gasteiger partial charge is 0.481 e. The molecule has 0 aromatic heterocycles. The Kier molecular flexibility index (Phi) is 3.86. The normalized spacial score (nSPS) is 21.3. The zero-order valence-electron chi connectivity index (χ0n) is 8.67. The molecular formula is C9H18N2O3. The third-order valence-electron chi connectivity index (χ3n) is 2.39. The summed E-state index contributed by atoms with van der Waals surface area (Å²) in [6, 6.07) is 0.182. The highest BCUT2D eigenvalue weighted by Gasteiger charge is 2.39. The summed E-state index contributed by atoms with van der Waals surface area (Å²) >= 11 is 0. The van der Waals surface area contributed by atoms with Crippen molar-refractivity contribution in [2.45, 2.75) is 24.9 Å². The number of carbonyl (C=O) groups is 1. The molecule has 1 unspecified atom stereocenters. The minimum absolute atomic E-state index is 0.161. The van der Waals surface area contributed by atoms with Crippen LogP contribution in [0.3, 0.4) is 0 Å². The van der Waals surface area contributed by atoms with Gasteiger partial charge in [-0.05, 0) is 6.92 Å². The van der Waals surface area contributed by atoms with E-state index in [9.17, 15) is 4.79 Å². The lowest BCUT2D eigenvalue weighted by atomic mass is 9.88. The molecule has 14 heavy (non-hydrogen) atoms. The van der Waals surface area contributed by atoms with Gasteiger partial charge in [-0.3, -0.25) is 4.79 Å². The molecule has 82 valence electrons. The number of hydrogen-bond acceptors (Lipinski definition) is 4. The van der Waals surface area contributed by atoms with Crippen molar-refractivity contribution in [3.05, 3.63) is 0 Å². The van der Waals surface area contributed by atoms with Crippen molar-refractivity contribution < 1.29 is 14.6 Å². The van der Waals surface area contributed by atoms with E-state index in [2.05, 4.69) is 10.6 Å². The molecule has 0 spiro atoms. The van der Waals surface area contributed by atoms with E-state index in [1.807, 2.05) is 6.92 Å². The van der Waals surface area contributed by atoms with Gasteiger partial charge < -0.3 is 20.5 Å². The van der Waals surface area contributed by atoms with Gasteiger partial charge in [-0.1, -0.05) is 0 Å². The van der Waals surface area contributed by atoms with Crippen LogP contribution in [0.15, 0.2) is 0 Å². The van der Waals surface area contributed by atoms with Crippen LogP contribution < -0.4 is 10.6 Å². The van der Waals surface area contributed by atoms with Crippen molar-refractivity contribution in [1.29, 1.82) is 0 Å². The SMILES string of the molecule is COCC(C)NC1(CC(=O)O)CNC1. The average Bonchev–Trinajstić information content (AvgIpc) is 1.99. The Bertz CT molecular complexity index is 204. The second kappa shape index (κ2) is 4.72. The zero-order chi connectivity index (χ0) is 10.6. The van der Waals surface area contributed by atoms with Gasteiger partial charge in [0.1, 0.15) is 0 Å². The molecule has 0 saturated carbocycles. The highest BCUT2D eigenvalue weighted by atomic mass is 16.5. The van der Waals surface area contributed by atoms with Gasteiger partial charge in [0.2, 0.25) is 0 Å². The van der Waals surface area contributed by atoms with Gasteiger partial charge in [0.25, 0.3) is 0 Å². The summed E-state index contributed by atoms with van der Waals surface area (Å²) in [6.45, 7) is 4.02. The summed E-state index contributed by atoms with van der Waals surface area (Å²) in [4.78, 5) is 10.6. The van der Waals surface area contributed by atoms with E-state index in [1.165, 1.54) is 0 Å². The fourth-order valence-corrected chi connectivity index (χ4v) is 1.81. The lowest BCUT2D eigenvalue weighted by Crippen LogP contribution is -2.70. The Balaban J connectivity index is 2.40. The van der Waals surface area contributed by atoms with Gasteiger partial charge in [0.15, 0.2) is 0 Å². The van der Waals surface area contributed by atoms with Gasteiger partial charge in [-0.15, -0.1) is 0 Å². The van der Waals surface area contributed by atoms with Gasteiger partial charge in [0.05, 0.1) is 18.6 Å². The van der Waals surface area contributed by atoms with Crippen molar-refractivity contribution in [2.24, 2.45) is 0 Å². The summed E-state index contributed by atoms with van der Waals surface area (Å²) in [5.41, 5.74) is -0.274. The fourth-order valence-electron chi connectivity index (χ4n) is 1.81. The van der Waals surface area contributed by atoms with Gasteiger partial charge >= 0.3 is 5.97 Å². The van der Waals surface area contributed by atoms with E-state index >= 15 is 0 Å². The third-order valence-corrected chi connectivity index (χ3v) is 2.39. The molecule has 0 bridgehead atoms. The monoisotopic (exact) mass is 202 g/mol. The van der Waals surface area contributed by atoms with E-state index in [1.54, 1.807) is 7.11 Å². The standard InChI is InChI=1S/C9H18N2O3/c1-7(4-14-2)11-9(3-8(12)13)5-10-6-9/h7,10-11H,3-6H2,1-2H3,(H,12,13). The maximum atomic E-state index is 10.6. The molecule has 3 N–H and O–H groups in total. The highest BCUT2D eigenvalue weighted by molar-refractivity contribution is 5.68. The fraction of sp³-hybridized carbons (Fsp3) is 0.889. The third kappa shape index (κ3) is 2.94. The first-order chi connectivity index (χ1) is 6.58. The van der Waals surface area contributed by atoms with E-state index in [-0.39, 0.29) is 18.0 Å². The summed E-state index contributed by atoms with van der Waals surface area (Å²) in [5, 5.41) is 15.1. The summed E-state index contributed by atoms with van der Waals surface area (Å²) in [6.07, 6.45) is 0.161. The number of aliphatic carboxylic acids is 1. The van der Waals surface area contributed by atoms with E-state index < -0.39 is 5.97 Å². The van der Waals surface area contributed by atoms with Gasteiger partial charge in [-0.25, -0.2) is 0 Å². The van der Waals surface area contributed by atoms with Crippen LogP contribution in [0, 0.1) is 0 Å². The topological polar surface area (TPSA) is 70.6 Å². The molecule has 1 atom stereocenters. The summed E-state index contributed by atoms with van der Waals surface area (Å²) < 4.78 is 4.99. The molecule has 5 nitrogen and oxygen atoms in total. The molecule has 1 rings (SSSR count). The van der Waals surface area contributed by atoms with E-state index in [4.69, 9.17) is 9.84 Å². The van der Waals surface area contributed by atoms with Crippen molar-refractivity contribution in [2.75, 3.05) is 26.8 Å². The number of carboxylic acids is 1. The molecule has 0 aromatic carbocycles. The summed E-state index contributed by atoms with van der Waals surface area (Å²) in [7, 11) is 1.64. The van der Waals surface area contributed by atoms with Crippen LogP contribution in [-0.2, 0) is 9.53 Å². The van der Waals surface area contributed by atoms with Crippen LogP contribution in [-0.4, -0.2) is 49.5 Å². The Morgan fingerprint density at radius 3 is 2.71 bits per heavy atom. The second-order valence-electron chi connectivity index (χ2n) is 3.96. The first-order valence-electron chi connectivity index (χ1n) is 4.77. The van der Waals surface area contributed by atoms with Crippen LogP contribution in [0.4, 0.5) is 0 Å². The molecule has 1 fully saturated rings. The lowest BCUT2D eigenvalue weighted by Gasteiger charge is -2.44. The van der Waals surface area contributed by atoms with Crippen molar-refractivity contribution >= 4 is 5.97 Å². The Morgan fingerprint density at radius 1 is 1.71 bits per heavy atom. The maximum absolute atomic E-state index is 10.6. The molecule has 1 heterocycles. The number of hydrogen-bond donors (Lipinski definition) is 3. The maximum Gasteiger partial charge on any atom is 0.305 e. The van der Waals surface area contributed by atoms with Crippen LogP contribution in [0.25, 0.3) is 0 Å². The smallest absolute Gasteiger partial charge is 0.305 e. The van der Waals surface area contributed by atoms with Crippen LogP contribution in [0.1, 0.15) is 13.3 Å². The van der Waals surface area contributed by atoms with E-state index in [0.29, 0.717) is 19.7 Å². The summed E-state index contributed by atoms with van der Waals surface area (Å²) in [5.74, 6) is -0.761. The molecule has 0 aromatic rings. The van der Waals surface area contributed by atoms with Crippen molar-refractivity contribution in [3.8, 4) is 0 Å². The molecule has 1 aliphatic rings. The zero-order valence-corrected chi connectivity index (χ0v) is 8.67. The Morgan fingerprint density at radius 2 is 2.36 bits per heavy atom. The molecule has 1 aliphatic heterocycles. The number of rotatable bonds is 6. The van der Waals surface area contributed by atoms with Gasteiger partial charge in [0, 0.05) is 26.2 Å². The number of nitrogens with one attached hydrogen (secondary N) is 2. The van der Waals surface area contributed by atoms with Crippen LogP contribution >= 0.6 is 0 Å². The predicted molar refractivity (Wildman–Crippen MR) is 52.3 cm³/mol. The molecule has 5 heteroatoms. The van der Waals surface area contributed by atoms with Crippen LogP contribution in [0.2, 0.25) is 0 Å².